The molecule has 0 saturated carbocycles. The summed E-state index contributed by atoms with van der Waals surface area (Å²) in [5, 5.41) is 4.30. The van der Waals surface area contributed by atoms with Crippen LogP contribution in [0, 0.1) is 6.92 Å². The Hall–Kier alpha value is -1.39. The summed E-state index contributed by atoms with van der Waals surface area (Å²) in [5.74, 6) is 1.30. The maximum atomic E-state index is 6.06. The van der Waals surface area contributed by atoms with Crippen molar-refractivity contribution in [2.45, 2.75) is 32.2 Å². The van der Waals surface area contributed by atoms with Crippen LogP contribution < -0.4 is 0 Å². The number of fused-ring (bicyclic) bond motifs is 1. The van der Waals surface area contributed by atoms with E-state index >= 15 is 0 Å². The van der Waals surface area contributed by atoms with Gasteiger partial charge in [-0.1, -0.05) is 0 Å². The van der Waals surface area contributed by atoms with Crippen LogP contribution in [0.3, 0.4) is 0 Å². The minimum atomic E-state index is 0.290. The molecular weight excluding hydrogens is 290 g/mol. The predicted molar refractivity (Wildman–Crippen MR) is 84.6 cm³/mol. The Morgan fingerprint density at radius 3 is 3.00 bits per heavy atom. The number of hydrogen-bond acceptors (Lipinski definition) is 3. The summed E-state index contributed by atoms with van der Waals surface area (Å²) >= 11 is 7.79. The highest BCUT2D eigenvalue weighted by Gasteiger charge is 2.17. The lowest BCUT2D eigenvalue weighted by Crippen LogP contribution is -2.11. The smallest absolute Gasteiger partial charge is 0.160 e. The molecule has 0 aliphatic carbocycles. The number of alkyl halides is 1. The van der Waals surface area contributed by atoms with Gasteiger partial charge in [0.05, 0.1) is 5.88 Å². The maximum absolute atomic E-state index is 6.06. The normalized spacial score (nSPS) is 12.9. The molecule has 3 rings (SSSR count). The van der Waals surface area contributed by atoms with Crippen molar-refractivity contribution < 1.29 is 0 Å². The average molecular weight is 306 g/mol. The van der Waals surface area contributed by atoms with Gasteiger partial charge in [0.1, 0.15) is 11.3 Å². The van der Waals surface area contributed by atoms with Gasteiger partial charge in [0, 0.05) is 12.2 Å². The Kier molecular flexibility index (Phi) is 3.76. The van der Waals surface area contributed by atoms with Gasteiger partial charge < -0.3 is 4.57 Å². The molecule has 20 heavy (non-hydrogen) atoms. The van der Waals surface area contributed by atoms with Gasteiger partial charge in [-0.15, -0.1) is 11.6 Å². The van der Waals surface area contributed by atoms with Crippen molar-refractivity contribution in [2.24, 2.45) is 0 Å². The Balaban J connectivity index is 2.04. The van der Waals surface area contributed by atoms with E-state index in [-0.39, 0.29) is 0 Å². The van der Waals surface area contributed by atoms with Gasteiger partial charge in [-0.05, 0) is 54.3 Å². The molecule has 3 aromatic rings. The second-order valence-electron chi connectivity index (χ2n) is 5.07. The lowest BCUT2D eigenvalue weighted by Gasteiger charge is -2.15. The minimum Gasteiger partial charge on any atom is -0.309 e. The van der Waals surface area contributed by atoms with Crippen molar-refractivity contribution in [1.82, 2.24) is 14.5 Å². The van der Waals surface area contributed by atoms with Gasteiger partial charge in [-0.25, -0.2) is 9.97 Å². The predicted octanol–water partition coefficient (Wildman–Crippen LogP) is 4.34. The van der Waals surface area contributed by atoms with Crippen molar-refractivity contribution in [3.05, 3.63) is 46.0 Å². The highest BCUT2D eigenvalue weighted by atomic mass is 35.5. The first-order chi connectivity index (χ1) is 9.69. The lowest BCUT2D eigenvalue weighted by molar-refractivity contribution is 0.540. The molecule has 0 fully saturated rings. The summed E-state index contributed by atoms with van der Waals surface area (Å²) < 4.78 is 2.17. The summed E-state index contributed by atoms with van der Waals surface area (Å²) in [6, 6.07) is 4.52. The fourth-order valence-electron chi connectivity index (χ4n) is 2.53. The van der Waals surface area contributed by atoms with Gasteiger partial charge in [0.15, 0.2) is 5.65 Å². The second-order valence-corrected chi connectivity index (χ2v) is 6.12. The lowest BCUT2D eigenvalue weighted by atomic mass is 10.1. The van der Waals surface area contributed by atoms with Crippen LogP contribution in [0.5, 0.6) is 0 Å². The van der Waals surface area contributed by atoms with Crippen LogP contribution in [0.1, 0.15) is 29.9 Å². The van der Waals surface area contributed by atoms with Crippen molar-refractivity contribution in [3.63, 3.8) is 0 Å². The molecule has 1 atom stereocenters. The number of halogens is 1. The summed E-state index contributed by atoms with van der Waals surface area (Å²) in [7, 11) is 0. The van der Waals surface area contributed by atoms with E-state index in [1.807, 2.05) is 13.1 Å². The number of rotatable bonds is 4. The molecule has 0 aliphatic rings. The third kappa shape index (κ3) is 2.45. The van der Waals surface area contributed by atoms with Gasteiger partial charge in [0.2, 0.25) is 0 Å². The van der Waals surface area contributed by atoms with E-state index < -0.39 is 0 Å². The molecular formula is C15H16ClN3S. The molecule has 3 nitrogen and oxygen atoms in total. The number of imidazole rings is 1. The van der Waals surface area contributed by atoms with Crippen LogP contribution in [0.15, 0.2) is 29.1 Å². The van der Waals surface area contributed by atoms with E-state index in [9.17, 15) is 0 Å². The van der Waals surface area contributed by atoms with E-state index in [1.54, 1.807) is 11.3 Å². The minimum absolute atomic E-state index is 0.290. The molecule has 1 unspecified atom stereocenters. The highest BCUT2D eigenvalue weighted by Crippen LogP contribution is 2.24. The molecule has 0 aromatic carbocycles. The van der Waals surface area contributed by atoms with Gasteiger partial charge in [-0.2, -0.15) is 11.3 Å². The van der Waals surface area contributed by atoms with Crippen molar-refractivity contribution in [2.75, 3.05) is 0 Å². The third-order valence-corrected chi connectivity index (χ3v) is 4.38. The molecule has 0 spiro atoms. The van der Waals surface area contributed by atoms with Crippen molar-refractivity contribution in [3.8, 4) is 0 Å². The van der Waals surface area contributed by atoms with E-state index in [0.717, 1.165) is 29.0 Å². The molecule has 0 radical (unpaired) electrons. The van der Waals surface area contributed by atoms with Crippen LogP contribution in [-0.2, 0) is 12.3 Å². The first-order valence-corrected chi connectivity index (χ1v) is 8.07. The highest BCUT2D eigenvalue weighted by molar-refractivity contribution is 7.07. The summed E-state index contributed by atoms with van der Waals surface area (Å²) in [5.41, 5.74) is 4.32. The molecule has 3 aromatic heterocycles. The zero-order chi connectivity index (χ0) is 14.1. The Morgan fingerprint density at radius 1 is 1.45 bits per heavy atom. The largest absolute Gasteiger partial charge is 0.309 e. The first-order valence-electron chi connectivity index (χ1n) is 6.59. The van der Waals surface area contributed by atoms with Crippen LogP contribution in [0.2, 0.25) is 0 Å². The molecule has 104 valence electrons. The number of nitrogens with zero attached hydrogens (tertiary/aromatic N) is 3. The van der Waals surface area contributed by atoms with Crippen molar-refractivity contribution in [1.29, 1.82) is 0 Å². The molecule has 0 bridgehead atoms. The molecule has 0 aliphatic heterocycles. The fourth-order valence-corrected chi connectivity index (χ4v) is 3.40. The van der Waals surface area contributed by atoms with Crippen LogP contribution in [0.25, 0.3) is 11.2 Å². The fraction of sp³-hybridized carbons (Fsp3) is 0.333. The second kappa shape index (κ2) is 5.54. The topological polar surface area (TPSA) is 30.7 Å². The maximum Gasteiger partial charge on any atom is 0.160 e. The summed E-state index contributed by atoms with van der Waals surface area (Å²) in [6.45, 7) is 4.22. The quantitative estimate of drug-likeness (QED) is 0.671. The number of aromatic nitrogens is 3. The van der Waals surface area contributed by atoms with E-state index in [1.165, 1.54) is 5.56 Å². The number of hydrogen-bond donors (Lipinski definition) is 0. The summed E-state index contributed by atoms with van der Waals surface area (Å²) in [4.78, 5) is 9.16. The average Bonchev–Trinajstić information content (AvgIpc) is 3.04. The van der Waals surface area contributed by atoms with E-state index in [4.69, 9.17) is 11.6 Å². The number of thiophene rings is 1. The summed E-state index contributed by atoms with van der Waals surface area (Å²) in [6.07, 6.45) is 2.85. The molecule has 0 saturated heterocycles. The van der Waals surface area contributed by atoms with E-state index in [0.29, 0.717) is 11.9 Å². The Labute approximate surface area is 127 Å². The van der Waals surface area contributed by atoms with Gasteiger partial charge >= 0.3 is 0 Å². The number of aryl methyl sites for hydroxylation is 1. The monoisotopic (exact) mass is 305 g/mol. The Bertz CT molecular complexity index is 718. The molecule has 0 amide bonds. The first kappa shape index (κ1) is 13.6. The molecule has 3 heterocycles. The standard InChI is InChI=1S/C15H16ClN3S/c1-10-5-13-15(17-8-10)19(14(7-16)18-13)11(2)6-12-3-4-20-9-12/h3-5,8-9,11H,6-7H2,1-2H3. The van der Waals surface area contributed by atoms with Gasteiger partial charge in [-0.3, -0.25) is 0 Å². The van der Waals surface area contributed by atoms with Crippen LogP contribution in [0.4, 0.5) is 0 Å². The Morgan fingerprint density at radius 2 is 2.30 bits per heavy atom. The van der Waals surface area contributed by atoms with E-state index in [2.05, 4.69) is 44.4 Å². The number of pyridine rings is 1. The molecule has 0 N–H and O–H groups in total. The van der Waals surface area contributed by atoms with Crippen molar-refractivity contribution >= 4 is 34.1 Å². The van der Waals surface area contributed by atoms with Crippen LogP contribution in [-0.4, -0.2) is 14.5 Å². The SMILES string of the molecule is Cc1cnc2c(c1)nc(CCl)n2C(C)Cc1ccsc1. The molecule has 5 heteroatoms. The zero-order valence-corrected chi connectivity index (χ0v) is 13.1. The van der Waals surface area contributed by atoms with Gasteiger partial charge in [0.25, 0.3) is 0 Å². The third-order valence-electron chi connectivity index (χ3n) is 3.41. The zero-order valence-electron chi connectivity index (χ0n) is 11.5. The van der Waals surface area contributed by atoms with Crippen LogP contribution >= 0.6 is 22.9 Å².